The Balaban J connectivity index is 1.40. The molecule has 0 amide bonds. The lowest BCUT2D eigenvalue weighted by atomic mass is 10.1. The van der Waals surface area contributed by atoms with Crippen molar-refractivity contribution >= 4 is 5.96 Å². The van der Waals surface area contributed by atoms with Crippen LogP contribution >= 0.6 is 0 Å². The fourth-order valence-corrected chi connectivity index (χ4v) is 3.26. The molecule has 132 valence electrons. The van der Waals surface area contributed by atoms with Gasteiger partial charge in [-0.15, -0.1) is 0 Å². The fourth-order valence-electron chi connectivity index (χ4n) is 3.26. The Morgan fingerprint density at radius 3 is 2.79 bits per heavy atom. The molecule has 1 unspecified atom stereocenters. The molecule has 0 spiro atoms. The van der Waals surface area contributed by atoms with Gasteiger partial charge in [-0.05, 0) is 31.2 Å². The Bertz CT molecular complexity index is 513. The highest BCUT2D eigenvalue weighted by atomic mass is 16.5. The zero-order chi connectivity index (χ0) is 16.6. The Labute approximate surface area is 146 Å². The summed E-state index contributed by atoms with van der Waals surface area (Å²) in [5, 5.41) is 3.46. The van der Waals surface area contributed by atoms with E-state index in [-0.39, 0.29) is 0 Å². The van der Waals surface area contributed by atoms with Gasteiger partial charge in [-0.2, -0.15) is 0 Å². The van der Waals surface area contributed by atoms with Crippen LogP contribution in [0.3, 0.4) is 0 Å². The molecule has 24 heavy (non-hydrogen) atoms. The zero-order valence-electron chi connectivity index (χ0n) is 14.9. The molecule has 2 aliphatic rings. The molecule has 1 aliphatic carbocycles. The molecule has 3 rings (SSSR count). The third-order valence-corrected chi connectivity index (χ3v) is 4.88. The van der Waals surface area contributed by atoms with Gasteiger partial charge >= 0.3 is 0 Å². The summed E-state index contributed by atoms with van der Waals surface area (Å²) in [6.07, 6.45) is 5.28. The van der Waals surface area contributed by atoms with Crippen LogP contribution in [0.25, 0.3) is 0 Å². The summed E-state index contributed by atoms with van der Waals surface area (Å²) in [6, 6.07) is 10.4. The maximum Gasteiger partial charge on any atom is 0.193 e. The molecule has 0 bridgehead atoms. The maximum atomic E-state index is 5.93. The first-order valence-electron chi connectivity index (χ1n) is 9.50. The van der Waals surface area contributed by atoms with Gasteiger partial charge in [0.05, 0.1) is 13.2 Å². The molecule has 1 aliphatic heterocycles. The largest absolute Gasteiger partial charge is 0.376 e. The molecule has 1 saturated carbocycles. The van der Waals surface area contributed by atoms with E-state index in [2.05, 4.69) is 41.4 Å². The van der Waals surface area contributed by atoms with Crippen LogP contribution in [0.15, 0.2) is 35.3 Å². The molecule has 1 saturated heterocycles. The Morgan fingerprint density at radius 2 is 2.04 bits per heavy atom. The van der Waals surface area contributed by atoms with Gasteiger partial charge in [-0.1, -0.05) is 43.2 Å². The van der Waals surface area contributed by atoms with Gasteiger partial charge < -0.3 is 15.0 Å². The number of hydrogen-bond acceptors (Lipinski definition) is 2. The van der Waals surface area contributed by atoms with Gasteiger partial charge in [0.15, 0.2) is 5.96 Å². The van der Waals surface area contributed by atoms with E-state index in [0.717, 1.165) is 44.7 Å². The van der Waals surface area contributed by atoms with E-state index in [1.54, 1.807) is 0 Å². The summed E-state index contributed by atoms with van der Waals surface area (Å²) in [4.78, 5) is 7.24. The van der Waals surface area contributed by atoms with Crippen LogP contribution in [0.4, 0.5) is 0 Å². The van der Waals surface area contributed by atoms with Gasteiger partial charge in [0, 0.05) is 32.1 Å². The lowest BCUT2D eigenvalue weighted by Crippen LogP contribution is -2.40. The minimum absolute atomic E-state index is 0.612. The Morgan fingerprint density at radius 1 is 1.21 bits per heavy atom. The Hall–Kier alpha value is -1.55. The molecular formula is C20H31N3O. The summed E-state index contributed by atoms with van der Waals surface area (Å²) in [5.41, 5.74) is 1.25. The normalized spacial score (nSPS) is 21.3. The smallest absolute Gasteiger partial charge is 0.193 e. The van der Waals surface area contributed by atoms with E-state index in [9.17, 15) is 0 Å². The molecular weight excluding hydrogens is 298 g/mol. The average Bonchev–Trinajstić information content (AvgIpc) is 3.31. The second-order valence-electron chi connectivity index (χ2n) is 7.07. The number of aliphatic imine (C=N–C) groups is 1. The summed E-state index contributed by atoms with van der Waals surface area (Å²) >= 11 is 0. The summed E-state index contributed by atoms with van der Waals surface area (Å²) < 4.78 is 5.93. The second kappa shape index (κ2) is 9.07. The van der Waals surface area contributed by atoms with Crippen molar-refractivity contribution in [2.45, 2.75) is 39.2 Å². The summed E-state index contributed by atoms with van der Waals surface area (Å²) in [5.74, 6) is 2.67. The average molecular weight is 329 g/mol. The molecule has 1 heterocycles. The highest BCUT2D eigenvalue weighted by Crippen LogP contribution is 2.32. The first-order chi connectivity index (χ1) is 11.8. The van der Waals surface area contributed by atoms with E-state index in [4.69, 9.17) is 9.73 Å². The number of nitrogens with one attached hydrogen (secondary N) is 1. The third kappa shape index (κ3) is 5.52. The summed E-state index contributed by atoms with van der Waals surface area (Å²) in [7, 11) is 0. The minimum atomic E-state index is 0.612. The Kier molecular flexibility index (Phi) is 6.53. The number of guanidine groups is 1. The van der Waals surface area contributed by atoms with E-state index >= 15 is 0 Å². The van der Waals surface area contributed by atoms with Crippen molar-refractivity contribution in [3.63, 3.8) is 0 Å². The maximum absolute atomic E-state index is 5.93. The second-order valence-corrected chi connectivity index (χ2v) is 7.07. The number of likely N-dealkylation sites (tertiary alicyclic amines) is 1. The van der Waals surface area contributed by atoms with Crippen LogP contribution in [0.1, 0.15) is 38.2 Å². The van der Waals surface area contributed by atoms with Gasteiger partial charge in [0.25, 0.3) is 0 Å². The number of hydrogen-bond donors (Lipinski definition) is 1. The van der Waals surface area contributed by atoms with Crippen LogP contribution in [0, 0.1) is 11.8 Å². The van der Waals surface area contributed by atoms with Crippen molar-refractivity contribution in [1.29, 1.82) is 0 Å². The van der Waals surface area contributed by atoms with Crippen LogP contribution in [0.5, 0.6) is 0 Å². The van der Waals surface area contributed by atoms with Crippen molar-refractivity contribution in [1.82, 2.24) is 10.2 Å². The molecule has 2 fully saturated rings. The number of nitrogens with zero attached hydrogens (tertiary/aromatic N) is 2. The lowest BCUT2D eigenvalue weighted by molar-refractivity contribution is 0.0907. The monoisotopic (exact) mass is 329 g/mol. The molecule has 1 aromatic carbocycles. The van der Waals surface area contributed by atoms with E-state index in [0.29, 0.717) is 12.5 Å². The van der Waals surface area contributed by atoms with Gasteiger partial charge in [-0.3, -0.25) is 4.99 Å². The van der Waals surface area contributed by atoms with Crippen molar-refractivity contribution in [2.24, 2.45) is 16.8 Å². The topological polar surface area (TPSA) is 36.9 Å². The molecule has 1 aromatic rings. The van der Waals surface area contributed by atoms with E-state index in [1.165, 1.54) is 31.2 Å². The predicted octanol–water partition coefficient (Wildman–Crippen LogP) is 3.29. The van der Waals surface area contributed by atoms with Crippen molar-refractivity contribution in [2.75, 3.05) is 32.8 Å². The number of rotatable bonds is 8. The molecule has 4 nitrogen and oxygen atoms in total. The van der Waals surface area contributed by atoms with Crippen LogP contribution in [0.2, 0.25) is 0 Å². The fraction of sp³-hybridized carbons (Fsp3) is 0.650. The molecule has 1 N–H and O–H groups in total. The van der Waals surface area contributed by atoms with Gasteiger partial charge in [-0.25, -0.2) is 0 Å². The SMILES string of the molecule is CCNC(=NCCC1CC1)N1CCC(COCc2ccccc2)C1. The minimum Gasteiger partial charge on any atom is -0.376 e. The lowest BCUT2D eigenvalue weighted by Gasteiger charge is -2.21. The zero-order valence-corrected chi connectivity index (χ0v) is 14.9. The standard InChI is InChI=1S/C20H31N3O/c1-2-21-20(22-12-10-17-8-9-17)23-13-11-19(14-23)16-24-15-18-6-4-3-5-7-18/h3-7,17,19H,2,8-16H2,1H3,(H,21,22). The number of ether oxygens (including phenoxy) is 1. The van der Waals surface area contributed by atoms with Crippen LogP contribution < -0.4 is 5.32 Å². The van der Waals surface area contributed by atoms with Crippen molar-refractivity contribution < 1.29 is 4.74 Å². The van der Waals surface area contributed by atoms with E-state index < -0.39 is 0 Å². The highest BCUT2D eigenvalue weighted by Gasteiger charge is 2.25. The molecule has 0 radical (unpaired) electrons. The summed E-state index contributed by atoms with van der Waals surface area (Å²) in [6.45, 7) is 7.76. The molecule has 0 aromatic heterocycles. The highest BCUT2D eigenvalue weighted by molar-refractivity contribution is 5.80. The van der Waals surface area contributed by atoms with Gasteiger partial charge in [0.1, 0.15) is 0 Å². The first-order valence-corrected chi connectivity index (χ1v) is 9.50. The molecule has 1 atom stereocenters. The van der Waals surface area contributed by atoms with E-state index in [1.807, 2.05) is 6.07 Å². The van der Waals surface area contributed by atoms with Crippen LogP contribution in [-0.4, -0.2) is 43.6 Å². The van der Waals surface area contributed by atoms with Crippen molar-refractivity contribution in [3.05, 3.63) is 35.9 Å². The first kappa shape index (κ1) is 17.3. The number of benzene rings is 1. The predicted molar refractivity (Wildman–Crippen MR) is 99.1 cm³/mol. The third-order valence-electron chi connectivity index (χ3n) is 4.88. The van der Waals surface area contributed by atoms with Crippen molar-refractivity contribution in [3.8, 4) is 0 Å². The van der Waals surface area contributed by atoms with Gasteiger partial charge in [0.2, 0.25) is 0 Å². The van der Waals surface area contributed by atoms with Crippen LogP contribution in [-0.2, 0) is 11.3 Å². The molecule has 4 heteroatoms. The quantitative estimate of drug-likeness (QED) is 0.587.